The maximum absolute atomic E-state index is 5.40. The Bertz CT molecular complexity index is 160. The molecule has 0 heterocycles. The first-order chi connectivity index (χ1) is 6.95. The summed E-state index contributed by atoms with van der Waals surface area (Å²) >= 11 is 0. The lowest BCUT2D eigenvalue weighted by atomic mass is 9.96. The third kappa shape index (κ3) is 6.88. The summed E-state index contributed by atoms with van der Waals surface area (Å²) in [7, 11) is 5.54. The van der Waals surface area contributed by atoms with Crippen LogP contribution in [0.5, 0.6) is 0 Å². The molecule has 0 aromatic heterocycles. The maximum atomic E-state index is 5.40. The average molecular weight is 217 g/mol. The molecule has 15 heavy (non-hydrogen) atoms. The molecule has 2 atom stereocenters. The molecular weight excluding hydrogens is 190 g/mol. The van der Waals surface area contributed by atoms with E-state index in [4.69, 9.17) is 9.47 Å². The number of hydrogen-bond donors (Lipinski definition) is 1. The second-order valence-electron chi connectivity index (χ2n) is 4.77. The molecule has 0 amide bonds. The Morgan fingerprint density at radius 3 is 2.27 bits per heavy atom. The highest BCUT2D eigenvalue weighted by Gasteiger charge is 2.19. The summed E-state index contributed by atoms with van der Waals surface area (Å²) in [5, 5.41) is 3.33. The van der Waals surface area contributed by atoms with E-state index in [9.17, 15) is 0 Å². The van der Waals surface area contributed by atoms with E-state index in [-0.39, 0.29) is 5.60 Å². The molecule has 2 unspecified atom stereocenters. The van der Waals surface area contributed by atoms with Crippen molar-refractivity contribution < 1.29 is 9.47 Å². The number of methoxy groups -OCH3 is 2. The summed E-state index contributed by atoms with van der Waals surface area (Å²) in [6, 6.07) is 0.509. The zero-order valence-electron chi connectivity index (χ0n) is 11.1. The van der Waals surface area contributed by atoms with Crippen LogP contribution in [0.2, 0.25) is 0 Å². The van der Waals surface area contributed by atoms with Gasteiger partial charge in [0, 0.05) is 20.3 Å². The van der Waals surface area contributed by atoms with Gasteiger partial charge in [0.05, 0.1) is 11.7 Å². The SMILES string of the molecule is CNC(CCC(C)(C)OC)CC(C)OC. The van der Waals surface area contributed by atoms with Crippen molar-refractivity contribution in [3.05, 3.63) is 0 Å². The topological polar surface area (TPSA) is 30.5 Å². The van der Waals surface area contributed by atoms with E-state index >= 15 is 0 Å². The van der Waals surface area contributed by atoms with Crippen molar-refractivity contribution >= 4 is 0 Å². The molecule has 3 heteroatoms. The summed E-state index contributed by atoms with van der Waals surface area (Å²) in [6.45, 7) is 6.35. The van der Waals surface area contributed by atoms with E-state index in [0.717, 1.165) is 19.3 Å². The second-order valence-corrected chi connectivity index (χ2v) is 4.77. The summed E-state index contributed by atoms with van der Waals surface area (Å²) in [6.07, 6.45) is 3.54. The van der Waals surface area contributed by atoms with Gasteiger partial charge in [-0.2, -0.15) is 0 Å². The van der Waals surface area contributed by atoms with E-state index in [1.165, 1.54) is 0 Å². The fourth-order valence-corrected chi connectivity index (χ4v) is 1.50. The van der Waals surface area contributed by atoms with Gasteiger partial charge >= 0.3 is 0 Å². The lowest BCUT2D eigenvalue weighted by Gasteiger charge is -2.26. The van der Waals surface area contributed by atoms with Crippen LogP contribution in [0.1, 0.15) is 40.0 Å². The molecule has 0 rings (SSSR count). The van der Waals surface area contributed by atoms with Crippen molar-refractivity contribution in [2.75, 3.05) is 21.3 Å². The lowest BCUT2D eigenvalue weighted by Crippen LogP contribution is -2.33. The van der Waals surface area contributed by atoms with E-state index < -0.39 is 0 Å². The van der Waals surface area contributed by atoms with E-state index in [1.54, 1.807) is 14.2 Å². The number of hydrogen-bond acceptors (Lipinski definition) is 3. The Hall–Kier alpha value is -0.120. The van der Waals surface area contributed by atoms with E-state index in [1.807, 2.05) is 7.05 Å². The van der Waals surface area contributed by atoms with Crippen molar-refractivity contribution in [3.63, 3.8) is 0 Å². The normalized spacial score (nSPS) is 16.4. The number of nitrogens with one attached hydrogen (secondary N) is 1. The molecule has 0 fully saturated rings. The average Bonchev–Trinajstić information content (AvgIpc) is 2.23. The Balaban J connectivity index is 3.89. The van der Waals surface area contributed by atoms with Crippen molar-refractivity contribution in [1.82, 2.24) is 5.32 Å². The first-order valence-electron chi connectivity index (χ1n) is 5.70. The minimum Gasteiger partial charge on any atom is -0.382 e. The second kappa shape index (κ2) is 7.20. The molecular formula is C12H27NO2. The molecule has 1 N–H and O–H groups in total. The molecule has 0 aromatic rings. The van der Waals surface area contributed by atoms with Crippen molar-refractivity contribution in [2.24, 2.45) is 0 Å². The van der Waals surface area contributed by atoms with Crippen molar-refractivity contribution in [3.8, 4) is 0 Å². The Morgan fingerprint density at radius 2 is 1.87 bits per heavy atom. The van der Waals surface area contributed by atoms with Gasteiger partial charge in [-0.15, -0.1) is 0 Å². The van der Waals surface area contributed by atoms with Gasteiger partial charge in [-0.25, -0.2) is 0 Å². The molecule has 0 spiro atoms. The largest absolute Gasteiger partial charge is 0.382 e. The molecule has 0 aliphatic heterocycles. The molecule has 0 aliphatic carbocycles. The van der Waals surface area contributed by atoms with Gasteiger partial charge in [0.1, 0.15) is 0 Å². The molecule has 0 radical (unpaired) electrons. The smallest absolute Gasteiger partial charge is 0.0623 e. The fourth-order valence-electron chi connectivity index (χ4n) is 1.50. The molecule has 0 aliphatic rings. The third-order valence-corrected chi connectivity index (χ3v) is 3.07. The summed E-state index contributed by atoms with van der Waals surface area (Å²) in [5.41, 5.74) is -0.0224. The van der Waals surface area contributed by atoms with Gasteiger partial charge in [0.2, 0.25) is 0 Å². The van der Waals surface area contributed by atoms with E-state index in [0.29, 0.717) is 12.1 Å². The predicted molar refractivity (Wildman–Crippen MR) is 64.3 cm³/mol. The highest BCUT2D eigenvalue weighted by Crippen LogP contribution is 2.18. The maximum Gasteiger partial charge on any atom is 0.0623 e. The van der Waals surface area contributed by atoms with Gasteiger partial charge in [-0.1, -0.05) is 0 Å². The Labute approximate surface area is 94.5 Å². The third-order valence-electron chi connectivity index (χ3n) is 3.07. The molecule has 0 aromatic carbocycles. The van der Waals surface area contributed by atoms with Crippen molar-refractivity contribution in [2.45, 2.75) is 57.8 Å². The quantitative estimate of drug-likeness (QED) is 0.676. The van der Waals surface area contributed by atoms with Crippen LogP contribution in [0, 0.1) is 0 Å². The lowest BCUT2D eigenvalue weighted by molar-refractivity contribution is 0.00988. The van der Waals surface area contributed by atoms with Crippen LogP contribution in [0.25, 0.3) is 0 Å². The summed E-state index contributed by atoms with van der Waals surface area (Å²) in [4.78, 5) is 0. The Kier molecular flexibility index (Phi) is 7.14. The molecule has 0 saturated heterocycles. The monoisotopic (exact) mass is 217 g/mol. The van der Waals surface area contributed by atoms with Crippen LogP contribution in [0.3, 0.4) is 0 Å². The van der Waals surface area contributed by atoms with Crippen molar-refractivity contribution in [1.29, 1.82) is 0 Å². The molecule has 3 nitrogen and oxygen atoms in total. The molecule has 0 bridgehead atoms. The van der Waals surface area contributed by atoms with Gasteiger partial charge in [0.15, 0.2) is 0 Å². The molecule has 92 valence electrons. The predicted octanol–water partition coefficient (Wildman–Crippen LogP) is 2.20. The minimum atomic E-state index is -0.0224. The zero-order valence-corrected chi connectivity index (χ0v) is 11.1. The Morgan fingerprint density at radius 1 is 1.27 bits per heavy atom. The standard InChI is InChI=1S/C12H27NO2/c1-10(14-5)9-11(13-4)7-8-12(2,3)15-6/h10-11,13H,7-9H2,1-6H3. The van der Waals surface area contributed by atoms with Crippen LogP contribution >= 0.6 is 0 Å². The van der Waals surface area contributed by atoms with Crippen LogP contribution in [0.4, 0.5) is 0 Å². The summed E-state index contributed by atoms with van der Waals surface area (Å²) < 4.78 is 10.7. The molecule has 0 saturated carbocycles. The van der Waals surface area contributed by atoms with Gasteiger partial charge < -0.3 is 14.8 Å². The van der Waals surface area contributed by atoms with Gasteiger partial charge in [-0.3, -0.25) is 0 Å². The zero-order chi connectivity index (χ0) is 11.9. The summed E-state index contributed by atoms with van der Waals surface area (Å²) in [5.74, 6) is 0. The highest BCUT2D eigenvalue weighted by molar-refractivity contribution is 4.75. The highest BCUT2D eigenvalue weighted by atomic mass is 16.5. The fraction of sp³-hybridized carbons (Fsp3) is 1.00. The number of rotatable bonds is 8. The van der Waals surface area contributed by atoms with Gasteiger partial charge in [-0.05, 0) is 47.1 Å². The van der Waals surface area contributed by atoms with Crippen LogP contribution < -0.4 is 5.32 Å². The van der Waals surface area contributed by atoms with Crippen LogP contribution in [0.15, 0.2) is 0 Å². The van der Waals surface area contributed by atoms with Crippen LogP contribution in [-0.2, 0) is 9.47 Å². The minimum absolute atomic E-state index is 0.0224. The number of ether oxygens (including phenoxy) is 2. The first kappa shape index (κ1) is 14.9. The van der Waals surface area contributed by atoms with E-state index in [2.05, 4.69) is 26.1 Å². The van der Waals surface area contributed by atoms with Gasteiger partial charge in [0.25, 0.3) is 0 Å². The van der Waals surface area contributed by atoms with Crippen LogP contribution in [-0.4, -0.2) is 39.0 Å². The first-order valence-corrected chi connectivity index (χ1v) is 5.70.